The molecule has 0 aliphatic carbocycles. The van der Waals surface area contributed by atoms with Gasteiger partial charge in [0, 0.05) is 5.69 Å². The monoisotopic (exact) mass is 325 g/mol. The Morgan fingerprint density at radius 3 is 2.79 bits per heavy atom. The van der Waals surface area contributed by atoms with Crippen LogP contribution in [-0.4, -0.2) is 26.1 Å². The first-order valence-electron chi connectivity index (χ1n) is 7.43. The summed E-state index contributed by atoms with van der Waals surface area (Å²) in [4.78, 5) is 13.3. The Balaban J connectivity index is 1.72. The van der Waals surface area contributed by atoms with Crippen molar-refractivity contribution in [3.8, 4) is 11.4 Å². The third-order valence-corrected chi connectivity index (χ3v) is 3.52. The Morgan fingerprint density at radius 2 is 2.00 bits per heavy atom. The maximum atomic E-state index is 13.7. The Kier molecular flexibility index (Phi) is 4.33. The highest BCUT2D eigenvalue weighted by molar-refractivity contribution is 5.91. The third-order valence-electron chi connectivity index (χ3n) is 3.52. The zero-order chi connectivity index (χ0) is 17.1. The van der Waals surface area contributed by atoms with E-state index in [9.17, 15) is 9.18 Å². The molecule has 3 aromatic rings. The quantitative estimate of drug-likeness (QED) is 0.800. The second kappa shape index (κ2) is 6.57. The van der Waals surface area contributed by atoms with Crippen molar-refractivity contribution in [2.75, 3.05) is 5.32 Å². The van der Waals surface area contributed by atoms with E-state index in [-0.39, 0.29) is 23.8 Å². The molecule has 24 heavy (non-hydrogen) atoms. The molecular formula is C17H16FN5O. The van der Waals surface area contributed by atoms with Crippen LogP contribution in [0.5, 0.6) is 0 Å². The van der Waals surface area contributed by atoms with E-state index in [2.05, 4.69) is 20.7 Å². The Hall–Kier alpha value is -3.09. The Labute approximate surface area is 138 Å². The molecule has 1 N–H and O–H groups in total. The summed E-state index contributed by atoms with van der Waals surface area (Å²) in [5.74, 6) is -0.564. The molecule has 1 amide bonds. The summed E-state index contributed by atoms with van der Waals surface area (Å²) in [5, 5.41) is 14.5. The molecule has 0 fully saturated rings. The topological polar surface area (TPSA) is 72.7 Å². The van der Waals surface area contributed by atoms with Crippen molar-refractivity contribution >= 4 is 11.6 Å². The second-order valence-corrected chi connectivity index (χ2v) is 5.49. The number of carbonyl (C=O) groups is 1. The van der Waals surface area contributed by atoms with Gasteiger partial charge in [0.15, 0.2) is 0 Å². The third kappa shape index (κ3) is 3.45. The molecule has 0 unspecified atom stereocenters. The first kappa shape index (κ1) is 15.8. The summed E-state index contributed by atoms with van der Waals surface area (Å²) in [6, 6.07) is 12.0. The molecule has 0 aliphatic heterocycles. The van der Waals surface area contributed by atoms with Crippen LogP contribution in [0.3, 0.4) is 0 Å². The zero-order valence-corrected chi connectivity index (χ0v) is 13.3. The van der Waals surface area contributed by atoms with Gasteiger partial charge in [-0.3, -0.25) is 4.79 Å². The molecule has 0 saturated carbocycles. The lowest BCUT2D eigenvalue weighted by atomic mass is 10.1. The highest BCUT2D eigenvalue weighted by Crippen LogP contribution is 2.18. The first-order valence-corrected chi connectivity index (χ1v) is 7.43. The fraction of sp³-hybridized carbons (Fsp3) is 0.176. The van der Waals surface area contributed by atoms with Gasteiger partial charge in [-0.2, -0.15) is 4.80 Å². The van der Waals surface area contributed by atoms with E-state index in [1.54, 1.807) is 18.2 Å². The van der Waals surface area contributed by atoms with E-state index >= 15 is 0 Å². The molecule has 1 aromatic heterocycles. The summed E-state index contributed by atoms with van der Waals surface area (Å²) in [5.41, 5.74) is 3.01. The number of anilines is 1. The minimum atomic E-state index is -0.433. The average Bonchev–Trinajstić information content (AvgIpc) is 2.99. The van der Waals surface area contributed by atoms with Crippen molar-refractivity contribution in [3.63, 3.8) is 0 Å². The van der Waals surface area contributed by atoms with Gasteiger partial charge in [0.1, 0.15) is 12.4 Å². The van der Waals surface area contributed by atoms with Gasteiger partial charge >= 0.3 is 0 Å². The van der Waals surface area contributed by atoms with Gasteiger partial charge in [-0.1, -0.05) is 24.3 Å². The first-order chi connectivity index (χ1) is 11.5. The number of nitrogens with zero attached hydrogens (tertiary/aromatic N) is 4. The van der Waals surface area contributed by atoms with E-state index < -0.39 is 5.82 Å². The maximum Gasteiger partial charge on any atom is 0.248 e. The van der Waals surface area contributed by atoms with Crippen LogP contribution in [0.1, 0.15) is 11.1 Å². The number of tetrazole rings is 1. The molecule has 0 radical (unpaired) electrons. The smallest absolute Gasteiger partial charge is 0.248 e. The number of rotatable bonds is 4. The second-order valence-electron chi connectivity index (χ2n) is 5.49. The van der Waals surface area contributed by atoms with Crippen LogP contribution in [0.4, 0.5) is 10.1 Å². The highest BCUT2D eigenvalue weighted by atomic mass is 19.1. The van der Waals surface area contributed by atoms with Crippen molar-refractivity contribution in [1.29, 1.82) is 0 Å². The molecule has 122 valence electrons. The van der Waals surface area contributed by atoms with Crippen molar-refractivity contribution in [1.82, 2.24) is 20.2 Å². The summed E-state index contributed by atoms with van der Waals surface area (Å²) in [6.45, 7) is 3.77. The summed E-state index contributed by atoms with van der Waals surface area (Å²) < 4.78 is 13.7. The van der Waals surface area contributed by atoms with Crippen molar-refractivity contribution in [3.05, 3.63) is 59.4 Å². The van der Waals surface area contributed by atoms with Gasteiger partial charge < -0.3 is 5.32 Å². The van der Waals surface area contributed by atoms with Crippen LogP contribution >= 0.6 is 0 Å². The van der Waals surface area contributed by atoms with Crippen molar-refractivity contribution < 1.29 is 9.18 Å². The molecule has 6 nitrogen and oxygen atoms in total. The van der Waals surface area contributed by atoms with Crippen LogP contribution in [0.2, 0.25) is 0 Å². The predicted octanol–water partition coefficient (Wildman–Crippen LogP) is 2.73. The number of carbonyl (C=O) groups excluding carboxylic acids is 1. The fourth-order valence-electron chi connectivity index (χ4n) is 2.25. The Bertz CT molecular complexity index is 890. The Morgan fingerprint density at radius 1 is 1.21 bits per heavy atom. The molecule has 0 spiro atoms. The van der Waals surface area contributed by atoms with Gasteiger partial charge in [0.05, 0.1) is 5.56 Å². The van der Waals surface area contributed by atoms with Gasteiger partial charge in [-0.05, 0) is 48.4 Å². The molecular weight excluding hydrogens is 309 g/mol. The van der Waals surface area contributed by atoms with E-state index in [0.717, 1.165) is 21.6 Å². The number of hydrogen-bond acceptors (Lipinski definition) is 4. The van der Waals surface area contributed by atoms with Crippen LogP contribution in [0.25, 0.3) is 11.4 Å². The molecule has 0 bridgehead atoms. The fourth-order valence-corrected chi connectivity index (χ4v) is 2.25. The van der Waals surface area contributed by atoms with Gasteiger partial charge in [-0.25, -0.2) is 4.39 Å². The molecule has 1 heterocycles. The van der Waals surface area contributed by atoms with Crippen LogP contribution in [0.15, 0.2) is 42.5 Å². The number of nitrogens with one attached hydrogen (secondary N) is 1. The maximum absolute atomic E-state index is 13.7. The summed E-state index contributed by atoms with van der Waals surface area (Å²) >= 11 is 0. The van der Waals surface area contributed by atoms with Crippen molar-refractivity contribution in [2.45, 2.75) is 20.4 Å². The lowest BCUT2D eigenvalue weighted by molar-refractivity contribution is -0.117. The van der Waals surface area contributed by atoms with E-state index in [0.29, 0.717) is 0 Å². The number of amides is 1. The summed E-state index contributed by atoms with van der Waals surface area (Å²) in [6.07, 6.45) is 0. The van der Waals surface area contributed by atoms with E-state index in [4.69, 9.17) is 0 Å². The van der Waals surface area contributed by atoms with Crippen LogP contribution in [0, 0.1) is 19.7 Å². The van der Waals surface area contributed by atoms with Crippen LogP contribution < -0.4 is 5.32 Å². The minimum Gasteiger partial charge on any atom is -0.324 e. The summed E-state index contributed by atoms with van der Waals surface area (Å²) in [7, 11) is 0. The predicted molar refractivity (Wildman–Crippen MR) is 87.8 cm³/mol. The molecule has 0 aliphatic rings. The number of aryl methyl sites for hydroxylation is 2. The highest BCUT2D eigenvalue weighted by Gasteiger charge is 2.13. The van der Waals surface area contributed by atoms with Crippen molar-refractivity contribution in [2.24, 2.45) is 0 Å². The molecule has 3 rings (SSSR count). The van der Waals surface area contributed by atoms with E-state index in [1.165, 1.54) is 6.07 Å². The zero-order valence-electron chi connectivity index (χ0n) is 13.3. The van der Waals surface area contributed by atoms with Gasteiger partial charge in [0.2, 0.25) is 11.7 Å². The lowest BCUT2D eigenvalue weighted by Gasteiger charge is -2.08. The largest absolute Gasteiger partial charge is 0.324 e. The minimum absolute atomic E-state index is 0.102. The lowest BCUT2D eigenvalue weighted by Crippen LogP contribution is -2.21. The number of benzene rings is 2. The van der Waals surface area contributed by atoms with Crippen LogP contribution in [-0.2, 0) is 11.3 Å². The van der Waals surface area contributed by atoms with E-state index in [1.807, 2.05) is 32.0 Å². The van der Waals surface area contributed by atoms with Gasteiger partial charge in [-0.15, -0.1) is 10.2 Å². The van der Waals surface area contributed by atoms with Gasteiger partial charge in [0.25, 0.3) is 0 Å². The normalized spacial score (nSPS) is 10.6. The number of hydrogen-bond donors (Lipinski definition) is 1. The standard InChI is InChI=1S/C17H16FN5O/c1-11-7-8-12(2)15(9-11)19-16(24)10-23-21-17(20-22-23)13-5-3-4-6-14(13)18/h3-9H,10H2,1-2H3,(H,19,24). The molecule has 7 heteroatoms. The number of halogens is 1. The SMILES string of the molecule is Cc1ccc(C)c(NC(=O)Cn2nnc(-c3ccccc3F)n2)c1. The molecule has 0 saturated heterocycles. The number of aromatic nitrogens is 4. The molecule has 2 aromatic carbocycles. The average molecular weight is 325 g/mol. The molecule has 0 atom stereocenters.